The molecule has 1 unspecified atom stereocenters. The van der Waals surface area contributed by atoms with E-state index >= 15 is 0 Å². The minimum absolute atomic E-state index is 0.315. The monoisotopic (exact) mass is 247 g/mol. The standard InChI is InChI=1S/C15H15F2N/c1-10-7-12(9-14(17)8-10)15(2,18)11-3-5-13(16)6-4-11/h3-9H,18H2,1-2H3. The van der Waals surface area contributed by atoms with Crippen LogP contribution in [0.3, 0.4) is 0 Å². The SMILES string of the molecule is Cc1cc(F)cc(C(C)(N)c2ccc(F)cc2)c1. The summed E-state index contributed by atoms with van der Waals surface area (Å²) < 4.78 is 26.3. The highest BCUT2D eigenvalue weighted by molar-refractivity contribution is 5.39. The topological polar surface area (TPSA) is 26.0 Å². The van der Waals surface area contributed by atoms with E-state index in [4.69, 9.17) is 5.73 Å². The molecule has 0 aliphatic heterocycles. The van der Waals surface area contributed by atoms with Gasteiger partial charge in [-0.25, -0.2) is 8.78 Å². The summed E-state index contributed by atoms with van der Waals surface area (Å²) in [6, 6.07) is 10.7. The Labute approximate surface area is 105 Å². The van der Waals surface area contributed by atoms with Gasteiger partial charge >= 0.3 is 0 Å². The molecule has 0 saturated heterocycles. The van der Waals surface area contributed by atoms with Gasteiger partial charge in [-0.15, -0.1) is 0 Å². The molecule has 1 atom stereocenters. The molecule has 2 rings (SSSR count). The molecule has 0 bridgehead atoms. The van der Waals surface area contributed by atoms with Crippen LogP contribution >= 0.6 is 0 Å². The van der Waals surface area contributed by atoms with Gasteiger partial charge in [-0.3, -0.25) is 0 Å². The highest BCUT2D eigenvalue weighted by Crippen LogP contribution is 2.27. The van der Waals surface area contributed by atoms with Crippen LogP contribution in [-0.4, -0.2) is 0 Å². The number of hydrogen-bond acceptors (Lipinski definition) is 1. The highest BCUT2D eigenvalue weighted by Gasteiger charge is 2.24. The lowest BCUT2D eigenvalue weighted by Crippen LogP contribution is -2.34. The first-order valence-electron chi connectivity index (χ1n) is 5.72. The largest absolute Gasteiger partial charge is 0.318 e. The van der Waals surface area contributed by atoms with Gasteiger partial charge in [0.25, 0.3) is 0 Å². The smallest absolute Gasteiger partial charge is 0.123 e. The zero-order chi connectivity index (χ0) is 13.3. The van der Waals surface area contributed by atoms with E-state index < -0.39 is 5.54 Å². The van der Waals surface area contributed by atoms with Gasteiger partial charge in [0.05, 0.1) is 5.54 Å². The summed E-state index contributed by atoms with van der Waals surface area (Å²) in [5.74, 6) is -0.631. The van der Waals surface area contributed by atoms with Crippen LogP contribution in [0.4, 0.5) is 8.78 Å². The predicted molar refractivity (Wildman–Crippen MR) is 68.2 cm³/mol. The van der Waals surface area contributed by atoms with Crippen molar-refractivity contribution in [1.29, 1.82) is 0 Å². The quantitative estimate of drug-likeness (QED) is 0.863. The van der Waals surface area contributed by atoms with Crippen LogP contribution in [-0.2, 0) is 5.54 Å². The van der Waals surface area contributed by atoms with E-state index in [0.29, 0.717) is 5.56 Å². The number of hydrogen-bond donors (Lipinski definition) is 1. The maximum absolute atomic E-state index is 13.4. The Morgan fingerprint density at radius 1 is 0.889 bits per heavy atom. The van der Waals surface area contributed by atoms with Crippen LogP contribution in [0.1, 0.15) is 23.6 Å². The molecule has 2 aromatic carbocycles. The van der Waals surface area contributed by atoms with Gasteiger partial charge in [0.15, 0.2) is 0 Å². The summed E-state index contributed by atoms with van der Waals surface area (Å²) >= 11 is 0. The molecule has 94 valence electrons. The summed E-state index contributed by atoms with van der Waals surface area (Å²) in [6.45, 7) is 3.60. The number of nitrogens with two attached hydrogens (primary N) is 1. The molecule has 0 aromatic heterocycles. The van der Waals surface area contributed by atoms with E-state index in [1.165, 1.54) is 24.3 Å². The Balaban J connectivity index is 2.49. The minimum Gasteiger partial charge on any atom is -0.318 e. The molecule has 1 nitrogen and oxygen atoms in total. The highest BCUT2D eigenvalue weighted by atomic mass is 19.1. The van der Waals surface area contributed by atoms with Crippen LogP contribution in [0.2, 0.25) is 0 Å². The van der Waals surface area contributed by atoms with E-state index in [1.54, 1.807) is 19.1 Å². The molecule has 0 fully saturated rings. The minimum atomic E-state index is -0.847. The van der Waals surface area contributed by atoms with Crippen molar-refractivity contribution >= 4 is 0 Å². The predicted octanol–water partition coefficient (Wildman–Crippen LogP) is 3.50. The molecule has 0 saturated carbocycles. The number of benzene rings is 2. The lowest BCUT2D eigenvalue weighted by atomic mass is 9.85. The first-order chi connectivity index (χ1) is 8.39. The molecule has 18 heavy (non-hydrogen) atoms. The molecule has 0 heterocycles. The van der Waals surface area contributed by atoms with Crippen LogP contribution in [0, 0.1) is 18.6 Å². The van der Waals surface area contributed by atoms with Crippen molar-refractivity contribution in [2.24, 2.45) is 5.73 Å². The first-order valence-corrected chi connectivity index (χ1v) is 5.72. The first kappa shape index (κ1) is 12.7. The van der Waals surface area contributed by atoms with E-state index in [9.17, 15) is 8.78 Å². The number of rotatable bonds is 2. The molecule has 0 aliphatic rings. The zero-order valence-electron chi connectivity index (χ0n) is 10.4. The lowest BCUT2D eigenvalue weighted by molar-refractivity contribution is 0.576. The summed E-state index contributed by atoms with van der Waals surface area (Å²) in [7, 11) is 0. The summed E-state index contributed by atoms with van der Waals surface area (Å²) in [6.07, 6.45) is 0. The second-order valence-corrected chi connectivity index (χ2v) is 4.73. The van der Waals surface area contributed by atoms with Gasteiger partial charge in [0.1, 0.15) is 11.6 Å². The van der Waals surface area contributed by atoms with E-state index in [2.05, 4.69) is 0 Å². The third-order valence-corrected chi connectivity index (χ3v) is 3.09. The maximum Gasteiger partial charge on any atom is 0.123 e. The van der Waals surface area contributed by atoms with Gasteiger partial charge in [0, 0.05) is 0 Å². The normalized spacial score (nSPS) is 14.3. The van der Waals surface area contributed by atoms with Gasteiger partial charge < -0.3 is 5.73 Å². The van der Waals surface area contributed by atoms with Crippen molar-refractivity contribution in [2.75, 3.05) is 0 Å². The molecule has 2 aromatic rings. The van der Waals surface area contributed by atoms with Crippen molar-refractivity contribution in [2.45, 2.75) is 19.4 Å². The summed E-state index contributed by atoms with van der Waals surface area (Å²) in [4.78, 5) is 0. The molecule has 3 heteroatoms. The maximum atomic E-state index is 13.4. The van der Waals surface area contributed by atoms with Crippen molar-refractivity contribution in [3.8, 4) is 0 Å². The van der Waals surface area contributed by atoms with Gasteiger partial charge in [-0.05, 0) is 54.8 Å². The Hall–Kier alpha value is -1.74. The summed E-state index contributed by atoms with van der Waals surface area (Å²) in [5, 5.41) is 0. The van der Waals surface area contributed by atoms with Crippen LogP contribution in [0.5, 0.6) is 0 Å². The van der Waals surface area contributed by atoms with Crippen molar-refractivity contribution < 1.29 is 8.78 Å². The van der Waals surface area contributed by atoms with Crippen molar-refractivity contribution in [3.05, 3.63) is 70.8 Å². The third-order valence-electron chi connectivity index (χ3n) is 3.09. The van der Waals surface area contributed by atoms with E-state index in [-0.39, 0.29) is 11.6 Å². The van der Waals surface area contributed by atoms with Crippen LogP contribution in [0.15, 0.2) is 42.5 Å². The van der Waals surface area contributed by atoms with Crippen LogP contribution < -0.4 is 5.73 Å². The fraction of sp³-hybridized carbons (Fsp3) is 0.200. The fourth-order valence-electron chi connectivity index (χ4n) is 2.00. The zero-order valence-corrected chi connectivity index (χ0v) is 10.4. The number of halogens is 2. The molecular weight excluding hydrogens is 232 g/mol. The van der Waals surface area contributed by atoms with Crippen molar-refractivity contribution in [3.63, 3.8) is 0 Å². The molecule has 0 radical (unpaired) electrons. The van der Waals surface area contributed by atoms with Crippen LogP contribution in [0.25, 0.3) is 0 Å². The Morgan fingerprint density at radius 2 is 1.50 bits per heavy atom. The van der Waals surface area contributed by atoms with Crippen molar-refractivity contribution in [1.82, 2.24) is 0 Å². The molecular formula is C15H15F2N. The second kappa shape index (κ2) is 4.50. The third kappa shape index (κ3) is 2.41. The second-order valence-electron chi connectivity index (χ2n) is 4.73. The Bertz CT molecular complexity index is 539. The van der Waals surface area contributed by atoms with Gasteiger partial charge in [-0.1, -0.05) is 18.2 Å². The molecule has 2 N–H and O–H groups in total. The number of aryl methyl sites for hydroxylation is 1. The molecule has 0 spiro atoms. The Morgan fingerprint density at radius 3 is 2.06 bits per heavy atom. The van der Waals surface area contributed by atoms with E-state index in [0.717, 1.165) is 11.1 Å². The summed E-state index contributed by atoms with van der Waals surface area (Å²) in [5.41, 5.74) is 7.64. The van der Waals surface area contributed by atoms with Gasteiger partial charge in [-0.2, -0.15) is 0 Å². The lowest BCUT2D eigenvalue weighted by Gasteiger charge is -2.26. The average Bonchev–Trinajstić information content (AvgIpc) is 2.28. The van der Waals surface area contributed by atoms with E-state index in [1.807, 2.05) is 13.0 Å². The Kier molecular flexibility index (Phi) is 3.18. The fourth-order valence-corrected chi connectivity index (χ4v) is 2.00. The molecule has 0 aliphatic carbocycles. The average molecular weight is 247 g/mol. The van der Waals surface area contributed by atoms with Gasteiger partial charge in [0.2, 0.25) is 0 Å². The molecule has 0 amide bonds.